The fraction of sp³-hybridized carbons (Fsp3) is 0.318. The summed E-state index contributed by atoms with van der Waals surface area (Å²) in [5.74, 6) is 0. The van der Waals surface area contributed by atoms with E-state index in [1.807, 2.05) is 24.1 Å². The van der Waals surface area contributed by atoms with Crippen LogP contribution in [0.5, 0.6) is 0 Å². The topological polar surface area (TPSA) is 53.5 Å². The third-order valence-electron chi connectivity index (χ3n) is 5.47. The van der Waals surface area contributed by atoms with Crippen LogP contribution < -0.4 is 4.90 Å². The van der Waals surface area contributed by atoms with Gasteiger partial charge in [0.2, 0.25) is 10.0 Å². The molecule has 1 aliphatic heterocycles. The summed E-state index contributed by atoms with van der Waals surface area (Å²) in [6.07, 6.45) is -4.59. The molecule has 0 amide bonds. The standard InChI is InChI=1S/C22H22F3N3O2S2/c1-15-6-7-16(2)19(12-15)20-14-31-21(26-20)27-8-10-28(11-9-27)32(29,30)18-5-3-4-17(13-18)22(23,24)25/h3-7,12-14H,8-11H2,1-2H3. The second-order valence-electron chi connectivity index (χ2n) is 7.75. The highest BCUT2D eigenvalue weighted by Gasteiger charge is 2.34. The van der Waals surface area contributed by atoms with Gasteiger partial charge in [-0.2, -0.15) is 17.5 Å². The highest BCUT2D eigenvalue weighted by molar-refractivity contribution is 7.89. The first-order chi connectivity index (χ1) is 15.1. The van der Waals surface area contributed by atoms with Crippen LogP contribution in [0.25, 0.3) is 11.3 Å². The SMILES string of the molecule is Cc1ccc(C)c(-c2csc(N3CCN(S(=O)(=O)c4cccc(C(F)(F)F)c4)CC3)n2)c1. The van der Waals surface area contributed by atoms with E-state index in [0.29, 0.717) is 19.2 Å². The molecule has 32 heavy (non-hydrogen) atoms. The first-order valence-electron chi connectivity index (χ1n) is 10.0. The zero-order valence-corrected chi connectivity index (χ0v) is 19.2. The molecule has 4 rings (SSSR count). The molecule has 0 atom stereocenters. The van der Waals surface area contributed by atoms with Gasteiger partial charge < -0.3 is 4.90 Å². The van der Waals surface area contributed by atoms with Gasteiger partial charge in [0.1, 0.15) is 0 Å². The molecular weight excluding hydrogens is 459 g/mol. The number of benzene rings is 2. The summed E-state index contributed by atoms with van der Waals surface area (Å²) in [6, 6.07) is 10.1. The zero-order chi connectivity index (χ0) is 23.1. The predicted octanol–water partition coefficient (Wildman–Crippen LogP) is 4.96. The largest absolute Gasteiger partial charge is 0.416 e. The summed E-state index contributed by atoms with van der Waals surface area (Å²) in [7, 11) is -4.01. The van der Waals surface area contributed by atoms with E-state index in [2.05, 4.69) is 18.2 Å². The minimum Gasteiger partial charge on any atom is -0.345 e. The van der Waals surface area contributed by atoms with Crippen LogP contribution in [0, 0.1) is 13.8 Å². The second-order valence-corrected chi connectivity index (χ2v) is 10.5. The number of aromatic nitrogens is 1. The highest BCUT2D eigenvalue weighted by atomic mass is 32.2. The maximum Gasteiger partial charge on any atom is 0.416 e. The van der Waals surface area contributed by atoms with E-state index < -0.39 is 21.8 Å². The van der Waals surface area contributed by atoms with E-state index in [9.17, 15) is 21.6 Å². The van der Waals surface area contributed by atoms with Crippen molar-refractivity contribution in [1.29, 1.82) is 0 Å². The van der Waals surface area contributed by atoms with Crippen molar-refractivity contribution in [1.82, 2.24) is 9.29 Å². The summed E-state index contributed by atoms with van der Waals surface area (Å²) in [5.41, 5.74) is 3.25. The van der Waals surface area contributed by atoms with Gasteiger partial charge in [0.05, 0.1) is 16.2 Å². The van der Waals surface area contributed by atoms with Crippen molar-refractivity contribution in [3.63, 3.8) is 0 Å². The van der Waals surface area contributed by atoms with Gasteiger partial charge in [0, 0.05) is 37.1 Å². The number of nitrogens with zero attached hydrogens (tertiary/aromatic N) is 3. The first kappa shape index (κ1) is 22.8. The molecule has 0 radical (unpaired) electrons. The van der Waals surface area contributed by atoms with Crippen LogP contribution in [0.2, 0.25) is 0 Å². The quantitative estimate of drug-likeness (QED) is 0.529. The van der Waals surface area contributed by atoms with Crippen LogP contribution >= 0.6 is 11.3 Å². The van der Waals surface area contributed by atoms with Crippen molar-refractivity contribution >= 4 is 26.5 Å². The van der Waals surface area contributed by atoms with Gasteiger partial charge in [-0.1, -0.05) is 23.8 Å². The maximum atomic E-state index is 13.0. The summed E-state index contributed by atoms with van der Waals surface area (Å²) < 4.78 is 66.0. The third kappa shape index (κ3) is 4.53. The molecule has 170 valence electrons. The molecule has 0 N–H and O–H groups in total. The Morgan fingerprint density at radius 3 is 2.41 bits per heavy atom. The van der Waals surface area contributed by atoms with Crippen molar-refractivity contribution in [2.45, 2.75) is 24.9 Å². The van der Waals surface area contributed by atoms with Crippen LogP contribution in [0.4, 0.5) is 18.3 Å². The highest BCUT2D eigenvalue weighted by Crippen LogP contribution is 2.33. The second kappa shape index (κ2) is 8.49. The minimum absolute atomic E-state index is 0.178. The van der Waals surface area contributed by atoms with Gasteiger partial charge in [-0.05, 0) is 43.7 Å². The summed E-state index contributed by atoms with van der Waals surface area (Å²) in [4.78, 5) is 6.41. The molecule has 10 heteroatoms. The molecule has 2 heterocycles. The molecule has 1 fully saturated rings. The van der Waals surface area contributed by atoms with Gasteiger partial charge in [-0.15, -0.1) is 11.3 Å². The lowest BCUT2D eigenvalue weighted by molar-refractivity contribution is -0.137. The number of halogens is 3. The van der Waals surface area contributed by atoms with E-state index in [4.69, 9.17) is 4.98 Å². The number of sulfonamides is 1. The smallest absolute Gasteiger partial charge is 0.345 e. The van der Waals surface area contributed by atoms with Crippen LogP contribution in [0.15, 0.2) is 52.7 Å². The normalized spacial score (nSPS) is 15.8. The molecule has 0 bridgehead atoms. The average molecular weight is 482 g/mol. The summed E-state index contributed by atoms with van der Waals surface area (Å²) >= 11 is 1.50. The van der Waals surface area contributed by atoms with Gasteiger partial charge in [0.25, 0.3) is 0 Å². The van der Waals surface area contributed by atoms with E-state index >= 15 is 0 Å². The minimum atomic E-state index is -4.59. The Kier molecular flexibility index (Phi) is 6.04. The molecule has 1 aliphatic rings. The maximum absolute atomic E-state index is 13.0. The molecular formula is C22H22F3N3O2S2. The van der Waals surface area contributed by atoms with Crippen molar-refractivity contribution < 1.29 is 21.6 Å². The number of alkyl halides is 3. The lowest BCUT2D eigenvalue weighted by Crippen LogP contribution is -2.48. The molecule has 1 aromatic heterocycles. The molecule has 2 aromatic carbocycles. The number of piperazine rings is 1. The van der Waals surface area contributed by atoms with Crippen molar-refractivity contribution in [2.75, 3.05) is 31.1 Å². The van der Waals surface area contributed by atoms with Crippen molar-refractivity contribution in [3.8, 4) is 11.3 Å². The van der Waals surface area contributed by atoms with Crippen molar-refractivity contribution in [3.05, 3.63) is 64.5 Å². The Balaban J connectivity index is 1.48. The Morgan fingerprint density at radius 1 is 1.00 bits per heavy atom. The number of thiazole rings is 1. The van der Waals surface area contributed by atoms with Crippen LogP contribution in [-0.2, 0) is 16.2 Å². The number of hydrogen-bond acceptors (Lipinski definition) is 5. The Bertz CT molecular complexity index is 1230. The van der Waals surface area contributed by atoms with Crippen LogP contribution in [-0.4, -0.2) is 43.9 Å². The number of hydrogen-bond donors (Lipinski definition) is 0. The average Bonchev–Trinajstić information content (AvgIpc) is 3.25. The van der Waals surface area contributed by atoms with Gasteiger partial charge >= 0.3 is 6.18 Å². The number of rotatable bonds is 4. The third-order valence-corrected chi connectivity index (χ3v) is 8.27. The van der Waals surface area contributed by atoms with E-state index in [1.54, 1.807) is 0 Å². The van der Waals surface area contributed by atoms with Gasteiger partial charge in [0.15, 0.2) is 5.13 Å². The van der Waals surface area contributed by atoms with Crippen LogP contribution in [0.1, 0.15) is 16.7 Å². The number of anilines is 1. The molecule has 0 spiro atoms. The fourth-order valence-electron chi connectivity index (χ4n) is 3.65. The zero-order valence-electron chi connectivity index (χ0n) is 17.6. The summed E-state index contributed by atoms with van der Waals surface area (Å²) in [5, 5.41) is 2.79. The molecule has 0 unspecified atom stereocenters. The van der Waals surface area contributed by atoms with Gasteiger partial charge in [-0.3, -0.25) is 0 Å². The Hall–Kier alpha value is -2.43. The Labute approximate surface area is 189 Å². The molecule has 1 saturated heterocycles. The monoisotopic (exact) mass is 481 g/mol. The van der Waals surface area contributed by atoms with Crippen molar-refractivity contribution in [2.24, 2.45) is 0 Å². The molecule has 0 saturated carbocycles. The first-order valence-corrected chi connectivity index (χ1v) is 12.3. The lowest BCUT2D eigenvalue weighted by Gasteiger charge is -2.33. The van der Waals surface area contributed by atoms with E-state index in [-0.39, 0.29) is 18.0 Å². The molecule has 0 aliphatic carbocycles. The predicted molar refractivity (Wildman–Crippen MR) is 119 cm³/mol. The van der Waals surface area contributed by atoms with E-state index in [0.717, 1.165) is 39.6 Å². The fourth-order valence-corrected chi connectivity index (χ4v) is 5.99. The molecule has 5 nitrogen and oxygen atoms in total. The van der Waals surface area contributed by atoms with Gasteiger partial charge in [-0.25, -0.2) is 13.4 Å². The number of aryl methyl sites for hydroxylation is 2. The van der Waals surface area contributed by atoms with E-state index in [1.165, 1.54) is 21.7 Å². The lowest BCUT2D eigenvalue weighted by atomic mass is 10.0. The Morgan fingerprint density at radius 2 is 1.72 bits per heavy atom. The van der Waals surface area contributed by atoms with Crippen LogP contribution in [0.3, 0.4) is 0 Å². The summed E-state index contributed by atoms with van der Waals surface area (Å²) in [6.45, 7) is 5.25. The molecule has 3 aromatic rings.